The molecule has 168 valence electrons. The molecule has 0 unspecified atom stereocenters. The van der Waals surface area contributed by atoms with Crippen LogP contribution in [0.4, 0.5) is 5.69 Å². The van der Waals surface area contributed by atoms with Crippen LogP contribution in [0.25, 0.3) is 0 Å². The number of hydrogen-bond donors (Lipinski definition) is 1. The second-order valence-electron chi connectivity index (χ2n) is 8.60. The zero-order chi connectivity index (χ0) is 21.9. The Morgan fingerprint density at radius 1 is 1.06 bits per heavy atom. The van der Waals surface area contributed by atoms with E-state index in [1.807, 2.05) is 58.3 Å². The molecular weight excluding hydrogens is 406 g/mol. The quantitative estimate of drug-likeness (QED) is 0.753. The van der Waals surface area contributed by atoms with E-state index in [4.69, 9.17) is 9.47 Å². The maximum Gasteiger partial charge on any atom is 0.260 e. The third kappa shape index (κ3) is 4.17. The van der Waals surface area contributed by atoms with Crippen LogP contribution < -0.4 is 10.1 Å². The molecule has 2 aromatic rings. The highest BCUT2D eigenvalue weighted by molar-refractivity contribution is 6.01. The number of rotatable bonds is 6. The highest BCUT2D eigenvalue weighted by Gasteiger charge is 2.36. The number of nitrogens with one attached hydrogen (secondary N) is 1. The van der Waals surface area contributed by atoms with Gasteiger partial charge in [-0.15, -0.1) is 0 Å². The van der Waals surface area contributed by atoms with Gasteiger partial charge >= 0.3 is 0 Å². The molecule has 0 saturated carbocycles. The average molecular weight is 436 g/mol. The molecule has 0 radical (unpaired) electrons. The number of benzene rings is 2. The number of nitrogens with zero attached hydrogens (tertiary/aromatic N) is 2. The number of ether oxygens (including phenoxy) is 2. The predicted molar refractivity (Wildman–Crippen MR) is 121 cm³/mol. The van der Waals surface area contributed by atoms with Crippen molar-refractivity contribution in [2.45, 2.75) is 38.0 Å². The summed E-state index contributed by atoms with van der Waals surface area (Å²) in [6.45, 7) is 2.84. The van der Waals surface area contributed by atoms with Gasteiger partial charge in [0, 0.05) is 37.5 Å². The summed E-state index contributed by atoms with van der Waals surface area (Å²) in [6, 6.07) is 15.2. The average Bonchev–Trinajstić information content (AvgIpc) is 3.54. The molecule has 2 saturated heterocycles. The van der Waals surface area contributed by atoms with Gasteiger partial charge in [-0.3, -0.25) is 9.59 Å². The van der Waals surface area contributed by atoms with Crippen molar-refractivity contribution in [2.24, 2.45) is 0 Å². The molecule has 7 nitrogen and oxygen atoms in total. The molecule has 2 aromatic carbocycles. The molecule has 2 atom stereocenters. The van der Waals surface area contributed by atoms with Gasteiger partial charge in [-0.1, -0.05) is 30.3 Å². The third-order valence-electron chi connectivity index (χ3n) is 6.47. The van der Waals surface area contributed by atoms with Crippen LogP contribution in [0.5, 0.6) is 5.75 Å². The molecule has 32 heavy (non-hydrogen) atoms. The number of para-hydroxylation sites is 2. The summed E-state index contributed by atoms with van der Waals surface area (Å²) < 4.78 is 11.8. The van der Waals surface area contributed by atoms with E-state index in [1.54, 1.807) is 0 Å². The number of likely N-dealkylation sites (tertiary alicyclic amines) is 1. The van der Waals surface area contributed by atoms with Crippen molar-refractivity contribution in [1.82, 2.24) is 9.80 Å². The van der Waals surface area contributed by atoms with Crippen LogP contribution in [0.15, 0.2) is 48.5 Å². The van der Waals surface area contributed by atoms with E-state index < -0.39 is 6.17 Å². The van der Waals surface area contributed by atoms with E-state index in [0.717, 1.165) is 56.6 Å². The summed E-state index contributed by atoms with van der Waals surface area (Å²) in [6.07, 6.45) is 3.68. The monoisotopic (exact) mass is 435 g/mol. The molecule has 2 amide bonds. The van der Waals surface area contributed by atoms with Crippen LogP contribution in [0, 0.1) is 0 Å². The molecule has 3 heterocycles. The Morgan fingerprint density at radius 3 is 2.66 bits per heavy atom. The fraction of sp³-hybridized carbons (Fsp3) is 0.440. The number of carbonyl (C=O) groups is 2. The fourth-order valence-electron chi connectivity index (χ4n) is 4.77. The van der Waals surface area contributed by atoms with Crippen molar-refractivity contribution in [1.29, 1.82) is 0 Å². The predicted octanol–water partition coefficient (Wildman–Crippen LogP) is 3.43. The van der Waals surface area contributed by atoms with Crippen LogP contribution in [0.2, 0.25) is 0 Å². The van der Waals surface area contributed by atoms with Crippen LogP contribution in [-0.4, -0.2) is 60.6 Å². The van der Waals surface area contributed by atoms with Crippen molar-refractivity contribution < 1.29 is 19.1 Å². The molecule has 3 aliphatic rings. The number of anilines is 1. The summed E-state index contributed by atoms with van der Waals surface area (Å²) >= 11 is 0. The molecule has 0 spiro atoms. The fourth-order valence-corrected chi connectivity index (χ4v) is 4.77. The summed E-state index contributed by atoms with van der Waals surface area (Å²) in [5.41, 5.74) is 2.29. The Balaban J connectivity index is 1.42. The smallest absolute Gasteiger partial charge is 0.260 e. The molecule has 0 aromatic heterocycles. The van der Waals surface area contributed by atoms with E-state index in [0.29, 0.717) is 17.9 Å². The topological polar surface area (TPSA) is 71.1 Å². The summed E-state index contributed by atoms with van der Waals surface area (Å²) in [4.78, 5) is 29.7. The van der Waals surface area contributed by atoms with E-state index in [-0.39, 0.29) is 24.5 Å². The standard InChI is InChI=1S/C25H29N3O4/c29-23(27-13-5-6-14-27)17-32-22-12-4-2-10-20(22)24-26-21-11-3-1-9-19(21)25(30)28(24)16-18-8-7-15-31-18/h1-4,9-12,18,24,26H,5-8,13-17H2/t18-,24-/m0/s1. The lowest BCUT2D eigenvalue weighted by molar-refractivity contribution is -0.132. The first kappa shape index (κ1) is 20.8. The number of hydrogen-bond acceptors (Lipinski definition) is 5. The van der Waals surface area contributed by atoms with Gasteiger partial charge in [0.25, 0.3) is 11.8 Å². The SMILES string of the molecule is O=C(COc1ccccc1[C@H]1Nc2ccccc2C(=O)N1C[C@@H]1CCCO1)N1CCCC1. The second kappa shape index (κ2) is 9.20. The van der Waals surface area contributed by atoms with Gasteiger partial charge in [-0.2, -0.15) is 0 Å². The van der Waals surface area contributed by atoms with E-state index >= 15 is 0 Å². The molecule has 0 aliphatic carbocycles. The Kier molecular flexibility index (Phi) is 5.99. The van der Waals surface area contributed by atoms with Crippen LogP contribution in [0.1, 0.15) is 47.8 Å². The van der Waals surface area contributed by atoms with Crippen LogP contribution in [0.3, 0.4) is 0 Å². The van der Waals surface area contributed by atoms with Gasteiger partial charge in [0.1, 0.15) is 11.9 Å². The van der Waals surface area contributed by atoms with Crippen molar-refractivity contribution >= 4 is 17.5 Å². The van der Waals surface area contributed by atoms with Crippen LogP contribution >= 0.6 is 0 Å². The van der Waals surface area contributed by atoms with Gasteiger partial charge in [0.15, 0.2) is 6.61 Å². The molecule has 7 heteroatoms. The largest absolute Gasteiger partial charge is 0.483 e. The Morgan fingerprint density at radius 2 is 1.84 bits per heavy atom. The molecule has 5 rings (SSSR count). The minimum Gasteiger partial charge on any atom is -0.483 e. The van der Waals surface area contributed by atoms with Gasteiger partial charge in [-0.25, -0.2) is 0 Å². The Labute approximate surface area is 188 Å². The zero-order valence-electron chi connectivity index (χ0n) is 18.2. The Bertz CT molecular complexity index is 983. The lowest BCUT2D eigenvalue weighted by Gasteiger charge is -2.39. The van der Waals surface area contributed by atoms with Gasteiger partial charge < -0.3 is 24.6 Å². The van der Waals surface area contributed by atoms with Gasteiger partial charge in [-0.05, 0) is 43.9 Å². The van der Waals surface area contributed by atoms with E-state index in [2.05, 4.69) is 5.32 Å². The van der Waals surface area contributed by atoms with Crippen molar-refractivity contribution in [3.63, 3.8) is 0 Å². The maximum absolute atomic E-state index is 13.5. The lowest BCUT2D eigenvalue weighted by atomic mass is 10.0. The van der Waals surface area contributed by atoms with Crippen molar-refractivity contribution in [3.05, 3.63) is 59.7 Å². The number of carbonyl (C=O) groups excluding carboxylic acids is 2. The highest BCUT2D eigenvalue weighted by Crippen LogP contribution is 2.37. The normalized spacial score (nSPS) is 22.6. The lowest BCUT2D eigenvalue weighted by Crippen LogP contribution is -2.46. The molecule has 0 bridgehead atoms. The van der Waals surface area contributed by atoms with Crippen LogP contribution in [-0.2, 0) is 9.53 Å². The molecular formula is C25H29N3O4. The second-order valence-corrected chi connectivity index (χ2v) is 8.60. The number of fused-ring (bicyclic) bond motifs is 1. The minimum absolute atomic E-state index is 0.00000283. The minimum atomic E-state index is -0.403. The van der Waals surface area contributed by atoms with Gasteiger partial charge in [0.2, 0.25) is 0 Å². The Hall–Kier alpha value is -3.06. The van der Waals surface area contributed by atoms with E-state index in [1.165, 1.54) is 0 Å². The third-order valence-corrected chi connectivity index (χ3v) is 6.47. The van der Waals surface area contributed by atoms with Crippen molar-refractivity contribution in [2.75, 3.05) is 38.2 Å². The molecule has 1 N–H and O–H groups in total. The van der Waals surface area contributed by atoms with E-state index in [9.17, 15) is 9.59 Å². The number of amides is 2. The summed E-state index contributed by atoms with van der Waals surface area (Å²) in [7, 11) is 0. The summed E-state index contributed by atoms with van der Waals surface area (Å²) in [5, 5.41) is 3.53. The first-order valence-electron chi connectivity index (χ1n) is 11.5. The first-order chi connectivity index (χ1) is 15.7. The maximum atomic E-state index is 13.5. The highest BCUT2D eigenvalue weighted by atomic mass is 16.5. The van der Waals surface area contributed by atoms with Gasteiger partial charge in [0.05, 0.1) is 11.7 Å². The molecule has 2 fully saturated rings. The van der Waals surface area contributed by atoms with Crippen molar-refractivity contribution in [3.8, 4) is 5.75 Å². The first-order valence-corrected chi connectivity index (χ1v) is 11.5. The summed E-state index contributed by atoms with van der Waals surface area (Å²) in [5.74, 6) is 0.594. The zero-order valence-corrected chi connectivity index (χ0v) is 18.2. The molecule has 3 aliphatic heterocycles.